The standard InChI is InChI=1S/C17H29FN2O/c1-5-12-20(7-3)13-11-15(19-6-2)17-14(18)9-8-10-16(17)21-4/h8-10,15,19H,5-7,11-13H2,1-4H3. The zero-order chi connectivity index (χ0) is 15.7. The van der Waals surface area contributed by atoms with Gasteiger partial charge in [-0.2, -0.15) is 0 Å². The lowest BCUT2D eigenvalue weighted by molar-refractivity contribution is 0.266. The van der Waals surface area contributed by atoms with E-state index in [0.717, 1.165) is 39.0 Å². The molecule has 1 rings (SSSR count). The third kappa shape index (κ3) is 5.29. The van der Waals surface area contributed by atoms with Gasteiger partial charge in [-0.15, -0.1) is 0 Å². The molecule has 3 nitrogen and oxygen atoms in total. The minimum Gasteiger partial charge on any atom is -0.496 e. The number of rotatable bonds is 10. The highest BCUT2D eigenvalue weighted by Gasteiger charge is 2.20. The molecular formula is C17H29FN2O. The fourth-order valence-electron chi connectivity index (χ4n) is 2.68. The van der Waals surface area contributed by atoms with Crippen LogP contribution in [0.5, 0.6) is 5.75 Å². The van der Waals surface area contributed by atoms with E-state index in [1.165, 1.54) is 6.07 Å². The van der Waals surface area contributed by atoms with Crippen LogP contribution in [0.1, 0.15) is 45.2 Å². The van der Waals surface area contributed by atoms with Gasteiger partial charge >= 0.3 is 0 Å². The topological polar surface area (TPSA) is 24.5 Å². The van der Waals surface area contributed by atoms with E-state index in [4.69, 9.17) is 4.74 Å². The van der Waals surface area contributed by atoms with Crippen LogP contribution >= 0.6 is 0 Å². The number of hydrogen-bond donors (Lipinski definition) is 1. The van der Waals surface area contributed by atoms with Crippen LogP contribution < -0.4 is 10.1 Å². The first-order valence-electron chi connectivity index (χ1n) is 7.95. The van der Waals surface area contributed by atoms with E-state index in [1.807, 2.05) is 13.0 Å². The van der Waals surface area contributed by atoms with Gasteiger partial charge in [0.15, 0.2) is 0 Å². The lowest BCUT2D eigenvalue weighted by Crippen LogP contribution is -2.30. The van der Waals surface area contributed by atoms with E-state index >= 15 is 0 Å². The number of nitrogens with zero attached hydrogens (tertiary/aromatic N) is 1. The van der Waals surface area contributed by atoms with Gasteiger partial charge in [-0.25, -0.2) is 4.39 Å². The van der Waals surface area contributed by atoms with Gasteiger partial charge in [0.25, 0.3) is 0 Å². The summed E-state index contributed by atoms with van der Waals surface area (Å²) in [5, 5.41) is 3.39. The Kier molecular flexibility index (Phi) is 8.31. The van der Waals surface area contributed by atoms with Crippen LogP contribution in [0.3, 0.4) is 0 Å². The Morgan fingerprint density at radius 1 is 1.24 bits per heavy atom. The van der Waals surface area contributed by atoms with Crippen LogP contribution in [0.2, 0.25) is 0 Å². The molecule has 4 heteroatoms. The molecule has 0 saturated carbocycles. The molecule has 0 saturated heterocycles. The number of halogens is 1. The average molecular weight is 296 g/mol. The minimum absolute atomic E-state index is 0.0166. The summed E-state index contributed by atoms with van der Waals surface area (Å²) in [6.45, 7) is 10.3. The summed E-state index contributed by atoms with van der Waals surface area (Å²) >= 11 is 0. The zero-order valence-electron chi connectivity index (χ0n) is 13.8. The molecule has 1 N–H and O–H groups in total. The van der Waals surface area contributed by atoms with Crippen molar-refractivity contribution in [2.45, 2.75) is 39.7 Å². The fourth-order valence-corrected chi connectivity index (χ4v) is 2.68. The summed E-state index contributed by atoms with van der Waals surface area (Å²) in [6, 6.07) is 5.01. The zero-order valence-corrected chi connectivity index (χ0v) is 13.8. The van der Waals surface area contributed by atoms with Gasteiger partial charge in [-0.1, -0.05) is 26.8 Å². The van der Waals surface area contributed by atoms with E-state index < -0.39 is 0 Å². The summed E-state index contributed by atoms with van der Waals surface area (Å²) in [6.07, 6.45) is 2.02. The van der Waals surface area contributed by atoms with E-state index in [1.54, 1.807) is 13.2 Å². The van der Waals surface area contributed by atoms with Gasteiger partial charge in [-0.3, -0.25) is 0 Å². The van der Waals surface area contributed by atoms with Crippen LogP contribution in [-0.4, -0.2) is 38.2 Å². The molecule has 0 aliphatic rings. The molecule has 21 heavy (non-hydrogen) atoms. The lowest BCUT2D eigenvalue weighted by atomic mass is 10.0. The van der Waals surface area contributed by atoms with Crippen LogP contribution in [0, 0.1) is 5.82 Å². The molecule has 0 bridgehead atoms. The largest absolute Gasteiger partial charge is 0.496 e. The van der Waals surface area contributed by atoms with Gasteiger partial charge in [0, 0.05) is 11.6 Å². The van der Waals surface area contributed by atoms with Gasteiger partial charge in [0.2, 0.25) is 0 Å². The molecule has 1 aromatic carbocycles. The average Bonchev–Trinajstić information content (AvgIpc) is 2.50. The van der Waals surface area contributed by atoms with Crippen molar-refractivity contribution in [1.29, 1.82) is 0 Å². The summed E-state index contributed by atoms with van der Waals surface area (Å²) in [5.41, 5.74) is 0.648. The second kappa shape index (κ2) is 9.74. The van der Waals surface area contributed by atoms with Crippen molar-refractivity contribution < 1.29 is 9.13 Å². The van der Waals surface area contributed by atoms with Crippen molar-refractivity contribution in [3.8, 4) is 5.75 Å². The van der Waals surface area contributed by atoms with Crippen LogP contribution in [0.25, 0.3) is 0 Å². The molecule has 0 radical (unpaired) electrons. The van der Waals surface area contributed by atoms with Crippen molar-refractivity contribution in [2.24, 2.45) is 0 Å². The molecule has 0 spiro atoms. The van der Waals surface area contributed by atoms with Gasteiger partial charge in [-0.05, 0) is 51.2 Å². The number of methoxy groups -OCH3 is 1. The Morgan fingerprint density at radius 3 is 2.57 bits per heavy atom. The van der Waals surface area contributed by atoms with Crippen LogP contribution in [0.15, 0.2) is 18.2 Å². The van der Waals surface area contributed by atoms with Crippen molar-refractivity contribution >= 4 is 0 Å². The molecular weight excluding hydrogens is 267 g/mol. The molecule has 0 amide bonds. The molecule has 0 heterocycles. The van der Waals surface area contributed by atoms with Crippen LogP contribution in [0.4, 0.5) is 4.39 Å². The Balaban J connectivity index is 2.86. The van der Waals surface area contributed by atoms with Crippen molar-refractivity contribution in [2.75, 3.05) is 33.3 Å². The monoisotopic (exact) mass is 296 g/mol. The van der Waals surface area contributed by atoms with Gasteiger partial charge < -0.3 is 15.0 Å². The van der Waals surface area contributed by atoms with E-state index in [-0.39, 0.29) is 11.9 Å². The van der Waals surface area contributed by atoms with Crippen LogP contribution in [-0.2, 0) is 0 Å². The molecule has 0 aromatic heterocycles. The number of ether oxygens (including phenoxy) is 1. The Bertz CT molecular complexity index is 412. The molecule has 0 fully saturated rings. The second-order valence-corrected chi connectivity index (χ2v) is 5.19. The smallest absolute Gasteiger partial charge is 0.131 e. The first kappa shape index (κ1) is 17.9. The van der Waals surface area contributed by atoms with Gasteiger partial charge in [0.1, 0.15) is 11.6 Å². The van der Waals surface area contributed by atoms with Crippen molar-refractivity contribution in [1.82, 2.24) is 10.2 Å². The number of hydrogen-bond acceptors (Lipinski definition) is 3. The molecule has 120 valence electrons. The van der Waals surface area contributed by atoms with Crippen molar-refractivity contribution in [3.63, 3.8) is 0 Å². The highest BCUT2D eigenvalue weighted by atomic mass is 19.1. The molecule has 0 aliphatic carbocycles. The summed E-state index contributed by atoms with van der Waals surface area (Å²) in [4.78, 5) is 2.40. The highest BCUT2D eigenvalue weighted by Crippen LogP contribution is 2.30. The summed E-state index contributed by atoms with van der Waals surface area (Å²) in [5.74, 6) is 0.429. The Hall–Kier alpha value is -1.13. The van der Waals surface area contributed by atoms with E-state index in [9.17, 15) is 4.39 Å². The highest BCUT2D eigenvalue weighted by molar-refractivity contribution is 5.37. The minimum atomic E-state index is -0.196. The molecule has 1 atom stereocenters. The number of benzene rings is 1. The second-order valence-electron chi connectivity index (χ2n) is 5.19. The normalized spacial score (nSPS) is 12.7. The lowest BCUT2D eigenvalue weighted by Gasteiger charge is -2.25. The van der Waals surface area contributed by atoms with Crippen molar-refractivity contribution in [3.05, 3.63) is 29.6 Å². The maximum atomic E-state index is 14.2. The molecule has 1 aromatic rings. The maximum absolute atomic E-state index is 14.2. The predicted octanol–water partition coefficient (Wildman–Crippen LogP) is 3.61. The fraction of sp³-hybridized carbons (Fsp3) is 0.647. The first-order chi connectivity index (χ1) is 10.2. The molecule has 0 aliphatic heterocycles. The summed E-state index contributed by atoms with van der Waals surface area (Å²) < 4.78 is 19.6. The quantitative estimate of drug-likeness (QED) is 0.714. The third-order valence-electron chi connectivity index (χ3n) is 3.75. The Labute approximate surface area is 128 Å². The predicted molar refractivity (Wildman–Crippen MR) is 86.4 cm³/mol. The number of nitrogens with one attached hydrogen (secondary N) is 1. The first-order valence-corrected chi connectivity index (χ1v) is 7.95. The third-order valence-corrected chi connectivity index (χ3v) is 3.75. The van der Waals surface area contributed by atoms with Gasteiger partial charge in [0.05, 0.1) is 7.11 Å². The Morgan fingerprint density at radius 2 is 2.00 bits per heavy atom. The molecule has 1 unspecified atom stereocenters. The maximum Gasteiger partial charge on any atom is 0.131 e. The van der Waals surface area contributed by atoms with E-state index in [0.29, 0.717) is 11.3 Å². The summed E-state index contributed by atoms with van der Waals surface area (Å²) in [7, 11) is 1.59. The van der Waals surface area contributed by atoms with E-state index in [2.05, 4.69) is 24.1 Å². The SMILES string of the molecule is CCCN(CC)CCC(NCC)c1c(F)cccc1OC.